The molecule has 21 heavy (non-hydrogen) atoms. The Morgan fingerprint density at radius 3 is 2.71 bits per heavy atom. The molecule has 4 heteroatoms. The molecule has 0 atom stereocenters. The molecule has 0 aliphatic rings. The first-order chi connectivity index (χ1) is 10.0. The fourth-order valence-electron chi connectivity index (χ4n) is 2.01. The molecule has 112 valence electrons. The molecule has 1 heterocycles. The lowest BCUT2D eigenvalue weighted by Crippen LogP contribution is -2.19. The van der Waals surface area contributed by atoms with Crippen LogP contribution in [0.3, 0.4) is 0 Å². The van der Waals surface area contributed by atoms with Crippen molar-refractivity contribution < 1.29 is 0 Å². The Hall–Kier alpha value is -1.39. The van der Waals surface area contributed by atoms with E-state index in [4.69, 9.17) is 0 Å². The van der Waals surface area contributed by atoms with Crippen LogP contribution in [0, 0.1) is 19.8 Å². The highest BCUT2D eigenvalue weighted by atomic mass is 32.2. The fraction of sp³-hybridized carbons (Fsp3) is 0.412. The van der Waals surface area contributed by atoms with Crippen LogP contribution in [0.1, 0.15) is 30.7 Å². The van der Waals surface area contributed by atoms with Crippen LogP contribution in [0.15, 0.2) is 40.5 Å². The second kappa shape index (κ2) is 7.57. The van der Waals surface area contributed by atoms with Crippen molar-refractivity contribution in [2.45, 2.75) is 44.3 Å². The smallest absolute Gasteiger partial charge is 0.192 e. The SMILES string of the molecule is Cc1ccc(Sc2nccc(C)n2)c(CNCC(C)C)c1. The number of nitrogens with zero attached hydrogens (tertiary/aromatic N) is 2. The van der Waals surface area contributed by atoms with Gasteiger partial charge in [-0.3, -0.25) is 0 Å². The second-order valence-electron chi connectivity index (χ2n) is 5.72. The Labute approximate surface area is 131 Å². The zero-order valence-electron chi connectivity index (χ0n) is 13.2. The first-order valence-electron chi connectivity index (χ1n) is 7.32. The zero-order chi connectivity index (χ0) is 15.2. The Bertz CT molecular complexity index is 596. The van der Waals surface area contributed by atoms with Crippen molar-refractivity contribution in [3.8, 4) is 0 Å². The maximum Gasteiger partial charge on any atom is 0.192 e. The summed E-state index contributed by atoms with van der Waals surface area (Å²) in [7, 11) is 0. The summed E-state index contributed by atoms with van der Waals surface area (Å²) < 4.78 is 0. The third-order valence-electron chi connectivity index (χ3n) is 3.06. The van der Waals surface area contributed by atoms with Crippen LogP contribution in [0.25, 0.3) is 0 Å². The van der Waals surface area contributed by atoms with Gasteiger partial charge >= 0.3 is 0 Å². The van der Waals surface area contributed by atoms with Gasteiger partial charge in [0.05, 0.1) is 0 Å². The number of hydrogen-bond donors (Lipinski definition) is 1. The predicted molar refractivity (Wildman–Crippen MR) is 88.6 cm³/mol. The van der Waals surface area contributed by atoms with Gasteiger partial charge < -0.3 is 5.32 Å². The average Bonchev–Trinajstić information content (AvgIpc) is 2.41. The van der Waals surface area contributed by atoms with Crippen molar-refractivity contribution in [2.24, 2.45) is 5.92 Å². The van der Waals surface area contributed by atoms with Crippen LogP contribution in [-0.2, 0) is 6.54 Å². The highest BCUT2D eigenvalue weighted by Gasteiger charge is 2.07. The van der Waals surface area contributed by atoms with Crippen molar-refractivity contribution in [3.63, 3.8) is 0 Å². The summed E-state index contributed by atoms with van der Waals surface area (Å²) in [5.74, 6) is 0.658. The molecule has 0 unspecified atom stereocenters. The first kappa shape index (κ1) is 16.0. The van der Waals surface area contributed by atoms with Crippen molar-refractivity contribution in [1.82, 2.24) is 15.3 Å². The minimum atomic E-state index is 0.658. The van der Waals surface area contributed by atoms with E-state index in [1.807, 2.05) is 19.2 Å². The van der Waals surface area contributed by atoms with E-state index < -0.39 is 0 Å². The van der Waals surface area contributed by atoms with Gasteiger partial charge in [-0.05, 0) is 55.8 Å². The van der Waals surface area contributed by atoms with E-state index in [0.717, 1.165) is 23.9 Å². The van der Waals surface area contributed by atoms with Gasteiger partial charge in [0, 0.05) is 23.3 Å². The molecule has 0 saturated carbocycles. The monoisotopic (exact) mass is 301 g/mol. The van der Waals surface area contributed by atoms with Crippen molar-refractivity contribution >= 4 is 11.8 Å². The molecule has 1 N–H and O–H groups in total. The summed E-state index contributed by atoms with van der Waals surface area (Å²) in [4.78, 5) is 10.0. The molecule has 0 bridgehead atoms. The molecule has 0 aliphatic carbocycles. The fourth-order valence-corrected chi connectivity index (χ4v) is 2.91. The minimum absolute atomic E-state index is 0.658. The molecule has 2 rings (SSSR count). The van der Waals surface area contributed by atoms with Gasteiger partial charge in [0.2, 0.25) is 0 Å². The van der Waals surface area contributed by atoms with Crippen LogP contribution in [0.2, 0.25) is 0 Å². The highest BCUT2D eigenvalue weighted by molar-refractivity contribution is 7.99. The Balaban J connectivity index is 2.14. The lowest BCUT2D eigenvalue weighted by atomic mass is 10.1. The standard InChI is InChI=1S/C17H23N3S/c1-12(2)10-18-11-15-9-13(3)5-6-16(15)21-17-19-8-7-14(4)20-17/h5-9,12,18H,10-11H2,1-4H3. The molecule has 3 nitrogen and oxygen atoms in total. The van der Waals surface area contributed by atoms with Crippen molar-refractivity contribution in [2.75, 3.05) is 6.54 Å². The number of rotatable bonds is 6. The van der Waals surface area contributed by atoms with E-state index in [0.29, 0.717) is 5.92 Å². The number of aryl methyl sites for hydroxylation is 2. The van der Waals surface area contributed by atoms with E-state index in [1.165, 1.54) is 16.0 Å². The molecule has 0 fully saturated rings. The molecule has 1 aromatic heterocycles. The van der Waals surface area contributed by atoms with E-state index in [-0.39, 0.29) is 0 Å². The van der Waals surface area contributed by atoms with Crippen molar-refractivity contribution in [1.29, 1.82) is 0 Å². The first-order valence-corrected chi connectivity index (χ1v) is 8.14. The van der Waals surface area contributed by atoms with E-state index >= 15 is 0 Å². The maximum absolute atomic E-state index is 4.47. The molecule has 2 aromatic rings. The Morgan fingerprint density at radius 2 is 2.00 bits per heavy atom. The third kappa shape index (κ3) is 5.14. The average molecular weight is 301 g/mol. The van der Waals surface area contributed by atoms with E-state index in [1.54, 1.807) is 11.8 Å². The number of nitrogens with one attached hydrogen (secondary N) is 1. The number of benzene rings is 1. The van der Waals surface area contributed by atoms with Gasteiger partial charge in [-0.2, -0.15) is 0 Å². The molecule has 0 aliphatic heterocycles. The summed E-state index contributed by atoms with van der Waals surface area (Å²) in [6.45, 7) is 10.5. The predicted octanol–water partition coefficient (Wildman–Crippen LogP) is 3.99. The zero-order valence-corrected chi connectivity index (χ0v) is 14.0. The van der Waals surface area contributed by atoms with Crippen LogP contribution in [-0.4, -0.2) is 16.5 Å². The second-order valence-corrected chi connectivity index (χ2v) is 6.73. The van der Waals surface area contributed by atoms with Gasteiger partial charge in [-0.1, -0.05) is 31.5 Å². The molecular formula is C17H23N3S. The topological polar surface area (TPSA) is 37.8 Å². The quantitative estimate of drug-likeness (QED) is 0.819. The third-order valence-corrected chi connectivity index (χ3v) is 4.06. The summed E-state index contributed by atoms with van der Waals surface area (Å²) >= 11 is 1.63. The molecule has 0 radical (unpaired) electrons. The molecular weight excluding hydrogens is 278 g/mol. The van der Waals surface area contributed by atoms with Gasteiger partial charge in [-0.15, -0.1) is 0 Å². The van der Waals surface area contributed by atoms with Crippen LogP contribution >= 0.6 is 11.8 Å². The molecule has 0 amide bonds. The number of hydrogen-bond acceptors (Lipinski definition) is 4. The van der Waals surface area contributed by atoms with Crippen LogP contribution in [0.5, 0.6) is 0 Å². The summed E-state index contributed by atoms with van der Waals surface area (Å²) in [6, 6.07) is 8.47. The number of aromatic nitrogens is 2. The summed E-state index contributed by atoms with van der Waals surface area (Å²) in [5, 5.41) is 4.32. The highest BCUT2D eigenvalue weighted by Crippen LogP contribution is 2.28. The van der Waals surface area contributed by atoms with Gasteiger partial charge in [-0.25, -0.2) is 9.97 Å². The van der Waals surface area contributed by atoms with Gasteiger partial charge in [0.15, 0.2) is 5.16 Å². The Morgan fingerprint density at radius 1 is 1.19 bits per heavy atom. The summed E-state index contributed by atoms with van der Waals surface area (Å²) in [6.07, 6.45) is 1.82. The van der Waals surface area contributed by atoms with Crippen molar-refractivity contribution in [3.05, 3.63) is 47.3 Å². The molecule has 0 spiro atoms. The van der Waals surface area contributed by atoms with Crippen LogP contribution < -0.4 is 5.32 Å². The minimum Gasteiger partial charge on any atom is -0.312 e. The van der Waals surface area contributed by atoms with E-state index in [2.05, 4.69) is 54.3 Å². The van der Waals surface area contributed by atoms with E-state index in [9.17, 15) is 0 Å². The Kier molecular flexibility index (Phi) is 5.76. The molecule has 0 saturated heterocycles. The normalized spacial score (nSPS) is 11.1. The molecule has 1 aromatic carbocycles. The van der Waals surface area contributed by atoms with Gasteiger partial charge in [0.1, 0.15) is 0 Å². The summed E-state index contributed by atoms with van der Waals surface area (Å²) in [5.41, 5.74) is 3.59. The van der Waals surface area contributed by atoms with Crippen LogP contribution in [0.4, 0.5) is 0 Å². The maximum atomic E-state index is 4.47. The lowest BCUT2D eigenvalue weighted by molar-refractivity contribution is 0.550. The lowest BCUT2D eigenvalue weighted by Gasteiger charge is -2.12. The van der Waals surface area contributed by atoms with Gasteiger partial charge in [0.25, 0.3) is 0 Å². The largest absolute Gasteiger partial charge is 0.312 e.